The minimum absolute atomic E-state index is 0.992. The maximum absolute atomic E-state index is 10.6. The monoisotopic (exact) mass is 314 g/mol. The molecular formula is C15H17F3N2O2. The van der Waals surface area contributed by atoms with Gasteiger partial charge >= 0.3 is 12.1 Å². The lowest BCUT2D eigenvalue weighted by molar-refractivity contribution is -0.192. The first kappa shape index (κ1) is 17.8. The molecule has 0 unspecified atom stereocenters. The van der Waals surface area contributed by atoms with Crippen LogP contribution in [0.2, 0.25) is 0 Å². The van der Waals surface area contributed by atoms with Crippen LogP contribution in [-0.4, -0.2) is 40.8 Å². The van der Waals surface area contributed by atoms with Gasteiger partial charge in [0.15, 0.2) is 0 Å². The average Bonchev–Trinajstić information content (AvgIpc) is 2.92. The number of carboxylic acids is 1. The van der Waals surface area contributed by atoms with Gasteiger partial charge in [0, 0.05) is 24.6 Å². The number of nitrogens with zero attached hydrogens (tertiary/aromatic N) is 2. The molecule has 0 saturated heterocycles. The smallest absolute Gasteiger partial charge is 0.475 e. The summed E-state index contributed by atoms with van der Waals surface area (Å²) in [5, 5.41) is 7.12. The van der Waals surface area contributed by atoms with Gasteiger partial charge in [0.2, 0.25) is 0 Å². The molecule has 0 saturated carbocycles. The largest absolute Gasteiger partial charge is 0.490 e. The third-order valence-electron chi connectivity index (χ3n) is 2.58. The fourth-order valence-electron chi connectivity index (χ4n) is 1.65. The molecule has 0 amide bonds. The highest BCUT2D eigenvalue weighted by Gasteiger charge is 2.38. The second-order valence-corrected chi connectivity index (χ2v) is 4.80. The molecule has 0 spiro atoms. The van der Waals surface area contributed by atoms with Crippen molar-refractivity contribution in [3.8, 4) is 5.69 Å². The van der Waals surface area contributed by atoms with E-state index in [4.69, 9.17) is 9.90 Å². The maximum Gasteiger partial charge on any atom is 0.490 e. The normalized spacial score (nSPS) is 11.0. The number of carboxylic acid groups (broad SMARTS) is 1. The number of rotatable bonds is 3. The van der Waals surface area contributed by atoms with E-state index in [0.29, 0.717) is 0 Å². The molecule has 0 bridgehead atoms. The second kappa shape index (κ2) is 7.65. The Kier molecular flexibility index (Phi) is 6.18. The average molecular weight is 314 g/mol. The van der Waals surface area contributed by atoms with Gasteiger partial charge in [-0.1, -0.05) is 12.1 Å². The summed E-state index contributed by atoms with van der Waals surface area (Å²) in [5.74, 6) is -2.76. The number of halogens is 3. The van der Waals surface area contributed by atoms with E-state index < -0.39 is 12.1 Å². The zero-order valence-corrected chi connectivity index (χ0v) is 12.2. The molecule has 1 aromatic heterocycles. The number of hydrogen-bond acceptors (Lipinski definition) is 2. The van der Waals surface area contributed by atoms with Gasteiger partial charge in [-0.2, -0.15) is 13.2 Å². The fraction of sp³-hybridized carbons (Fsp3) is 0.267. The van der Waals surface area contributed by atoms with Crippen LogP contribution in [-0.2, 0) is 11.3 Å². The Morgan fingerprint density at radius 3 is 1.95 bits per heavy atom. The van der Waals surface area contributed by atoms with E-state index in [9.17, 15) is 13.2 Å². The van der Waals surface area contributed by atoms with Crippen molar-refractivity contribution in [2.75, 3.05) is 14.1 Å². The zero-order chi connectivity index (χ0) is 16.8. The number of alkyl halides is 3. The highest BCUT2D eigenvalue weighted by molar-refractivity contribution is 5.73. The summed E-state index contributed by atoms with van der Waals surface area (Å²) in [7, 11) is 4.17. The van der Waals surface area contributed by atoms with Crippen LogP contribution in [0.5, 0.6) is 0 Å². The van der Waals surface area contributed by atoms with Gasteiger partial charge in [-0.25, -0.2) is 4.79 Å². The molecule has 0 aliphatic carbocycles. The van der Waals surface area contributed by atoms with Gasteiger partial charge in [-0.05, 0) is 43.9 Å². The molecule has 1 aromatic carbocycles. The third kappa shape index (κ3) is 6.01. The highest BCUT2D eigenvalue weighted by atomic mass is 19.4. The second-order valence-electron chi connectivity index (χ2n) is 4.80. The number of hydrogen-bond donors (Lipinski definition) is 1. The molecule has 1 heterocycles. The van der Waals surface area contributed by atoms with E-state index in [1.54, 1.807) is 0 Å². The summed E-state index contributed by atoms with van der Waals surface area (Å²) in [6, 6.07) is 12.7. The Morgan fingerprint density at radius 1 is 1.14 bits per heavy atom. The molecule has 22 heavy (non-hydrogen) atoms. The Balaban J connectivity index is 0.000000295. The van der Waals surface area contributed by atoms with Crippen LogP contribution in [0.25, 0.3) is 5.69 Å². The van der Waals surface area contributed by atoms with Crippen LogP contribution in [0, 0.1) is 0 Å². The number of carbonyl (C=O) groups is 1. The fourth-order valence-corrected chi connectivity index (χ4v) is 1.65. The molecule has 2 rings (SSSR count). The van der Waals surface area contributed by atoms with Crippen molar-refractivity contribution in [3.63, 3.8) is 0 Å². The van der Waals surface area contributed by atoms with Crippen LogP contribution < -0.4 is 0 Å². The standard InChI is InChI=1S/C13H16N2.C2HF3O2/c1-14(2)11-12-5-7-13(8-6-12)15-9-3-4-10-15;3-2(4,5)1(6)7/h3-10H,11H2,1-2H3;(H,6,7). The van der Waals surface area contributed by atoms with E-state index in [-0.39, 0.29) is 0 Å². The van der Waals surface area contributed by atoms with Gasteiger partial charge < -0.3 is 14.6 Å². The lowest BCUT2D eigenvalue weighted by Crippen LogP contribution is -2.21. The highest BCUT2D eigenvalue weighted by Crippen LogP contribution is 2.13. The molecule has 0 atom stereocenters. The minimum atomic E-state index is -5.08. The lowest BCUT2D eigenvalue weighted by Gasteiger charge is -2.10. The predicted molar refractivity (Wildman–Crippen MR) is 76.9 cm³/mol. The van der Waals surface area contributed by atoms with Crippen molar-refractivity contribution in [2.24, 2.45) is 0 Å². The Bertz CT molecular complexity index is 576. The topological polar surface area (TPSA) is 45.5 Å². The van der Waals surface area contributed by atoms with E-state index in [1.165, 1.54) is 11.3 Å². The Morgan fingerprint density at radius 2 is 1.59 bits per heavy atom. The molecule has 0 fully saturated rings. The van der Waals surface area contributed by atoms with Crippen molar-refractivity contribution in [3.05, 3.63) is 54.4 Å². The molecule has 1 N–H and O–H groups in total. The summed E-state index contributed by atoms with van der Waals surface area (Å²) in [4.78, 5) is 11.1. The summed E-state index contributed by atoms with van der Waals surface area (Å²) >= 11 is 0. The van der Waals surface area contributed by atoms with Gasteiger partial charge in [-0.3, -0.25) is 0 Å². The predicted octanol–water partition coefficient (Wildman–Crippen LogP) is 3.17. The quantitative estimate of drug-likeness (QED) is 0.946. The molecule has 0 aliphatic heterocycles. The Labute approximate surface area is 126 Å². The molecule has 0 radical (unpaired) electrons. The number of aromatic nitrogens is 1. The van der Waals surface area contributed by atoms with Crippen molar-refractivity contribution in [1.82, 2.24) is 9.47 Å². The van der Waals surface area contributed by atoms with Crippen LogP contribution in [0.15, 0.2) is 48.8 Å². The van der Waals surface area contributed by atoms with Gasteiger partial charge in [-0.15, -0.1) is 0 Å². The first-order valence-electron chi connectivity index (χ1n) is 6.37. The molecular weight excluding hydrogens is 297 g/mol. The first-order valence-corrected chi connectivity index (χ1v) is 6.37. The number of benzene rings is 1. The van der Waals surface area contributed by atoms with Crippen LogP contribution >= 0.6 is 0 Å². The molecule has 7 heteroatoms. The van der Waals surface area contributed by atoms with Crippen molar-refractivity contribution >= 4 is 5.97 Å². The van der Waals surface area contributed by atoms with Crippen molar-refractivity contribution < 1.29 is 23.1 Å². The maximum atomic E-state index is 10.6. The molecule has 2 aromatic rings. The molecule has 0 aliphatic rings. The third-order valence-corrected chi connectivity index (χ3v) is 2.58. The minimum Gasteiger partial charge on any atom is -0.475 e. The van der Waals surface area contributed by atoms with Crippen molar-refractivity contribution in [1.29, 1.82) is 0 Å². The summed E-state index contributed by atoms with van der Waals surface area (Å²) in [6.07, 6.45) is -0.970. The van der Waals surface area contributed by atoms with Crippen LogP contribution in [0.4, 0.5) is 13.2 Å². The van der Waals surface area contributed by atoms with E-state index in [0.717, 1.165) is 6.54 Å². The zero-order valence-electron chi connectivity index (χ0n) is 12.2. The van der Waals surface area contributed by atoms with Gasteiger partial charge in [0.1, 0.15) is 0 Å². The Hall–Kier alpha value is -2.28. The van der Waals surface area contributed by atoms with E-state index in [1.807, 2.05) is 12.1 Å². The van der Waals surface area contributed by atoms with Gasteiger partial charge in [0.25, 0.3) is 0 Å². The summed E-state index contributed by atoms with van der Waals surface area (Å²) in [5.41, 5.74) is 2.55. The lowest BCUT2D eigenvalue weighted by atomic mass is 10.2. The van der Waals surface area contributed by atoms with Gasteiger partial charge in [0.05, 0.1) is 0 Å². The summed E-state index contributed by atoms with van der Waals surface area (Å²) in [6.45, 7) is 0.992. The van der Waals surface area contributed by atoms with Crippen LogP contribution in [0.1, 0.15) is 5.56 Å². The number of aliphatic carboxylic acids is 1. The van der Waals surface area contributed by atoms with E-state index in [2.05, 4.69) is 60.2 Å². The SMILES string of the molecule is CN(C)Cc1ccc(-n2cccc2)cc1.O=C(O)C(F)(F)F. The molecule has 120 valence electrons. The molecule has 4 nitrogen and oxygen atoms in total. The van der Waals surface area contributed by atoms with Crippen LogP contribution in [0.3, 0.4) is 0 Å². The van der Waals surface area contributed by atoms with Crippen molar-refractivity contribution in [2.45, 2.75) is 12.7 Å². The summed E-state index contributed by atoms with van der Waals surface area (Å²) < 4.78 is 33.8. The van der Waals surface area contributed by atoms with E-state index >= 15 is 0 Å². The first-order chi connectivity index (χ1) is 10.2.